The Labute approximate surface area is 132 Å². The Balaban J connectivity index is 1.89. The van der Waals surface area contributed by atoms with Crippen LogP contribution in [0.15, 0.2) is 35.2 Å². The number of aryl methyl sites for hydroxylation is 1. The molecule has 1 aromatic heterocycles. The van der Waals surface area contributed by atoms with E-state index in [4.69, 9.17) is 9.84 Å². The van der Waals surface area contributed by atoms with Crippen molar-refractivity contribution < 1.29 is 19.4 Å². The fourth-order valence-corrected chi connectivity index (χ4v) is 2.41. The maximum atomic E-state index is 12.1. The summed E-state index contributed by atoms with van der Waals surface area (Å²) < 4.78 is 5.05. The van der Waals surface area contributed by atoms with Crippen LogP contribution in [0.2, 0.25) is 0 Å². The SMILES string of the molecule is CN(C(=O)CCc1cscn1)c1ccc(OCC(=O)O)cc1. The highest BCUT2D eigenvalue weighted by Gasteiger charge is 2.11. The van der Waals surface area contributed by atoms with Crippen molar-refractivity contribution in [1.29, 1.82) is 0 Å². The number of carbonyl (C=O) groups excluding carboxylic acids is 1. The molecule has 0 saturated carbocycles. The first-order valence-electron chi connectivity index (χ1n) is 6.64. The van der Waals surface area contributed by atoms with Crippen LogP contribution in [0.25, 0.3) is 0 Å². The normalized spacial score (nSPS) is 10.2. The molecular weight excluding hydrogens is 304 g/mol. The van der Waals surface area contributed by atoms with E-state index < -0.39 is 5.97 Å². The van der Waals surface area contributed by atoms with E-state index in [1.165, 1.54) is 11.3 Å². The smallest absolute Gasteiger partial charge is 0.341 e. The van der Waals surface area contributed by atoms with Gasteiger partial charge in [0.2, 0.25) is 5.91 Å². The van der Waals surface area contributed by atoms with E-state index in [0.717, 1.165) is 11.4 Å². The van der Waals surface area contributed by atoms with Gasteiger partial charge in [-0.2, -0.15) is 0 Å². The van der Waals surface area contributed by atoms with Crippen LogP contribution in [0, 0.1) is 0 Å². The van der Waals surface area contributed by atoms with Crippen LogP contribution >= 0.6 is 11.3 Å². The van der Waals surface area contributed by atoms with Crippen LogP contribution in [-0.4, -0.2) is 35.6 Å². The Morgan fingerprint density at radius 1 is 1.32 bits per heavy atom. The summed E-state index contributed by atoms with van der Waals surface area (Å²) in [6.07, 6.45) is 1.00. The van der Waals surface area contributed by atoms with Gasteiger partial charge >= 0.3 is 5.97 Å². The van der Waals surface area contributed by atoms with E-state index in [-0.39, 0.29) is 12.5 Å². The zero-order valence-corrected chi connectivity index (χ0v) is 12.9. The molecule has 0 atom stereocenters. The minimum atomic E-state index is -1.03. The van der Waals surface area contributed by atoms with Crippen LogP contribution in [0.3, 0.4) is 0 Å². The summed E-state index contributed by atoms with van der Waals surface area (Å²) in [4.78, 5) is 28.3. The van der Waals surface area contributed by atoms with Gasteiger partial charge in [-0.05, 0) is 30.7 Å². The summed E-state index contributed by atoms with van der Waals surface area (Å²) in [6, 6.07) is 6.72. The molecule has 1 aromatic carbocycles. The van der Waals surface area contributed by atoms with Gasteiger partial charge in [0.05, 0.1) is 11.2 Å². The highest BCUT2D eigenvalue weighted by molar-refractivity contribution is 7.07. The lowest BCUT2D eigenvalue weighted by molar-refractivity contribution is -0.139. The molecule has 1 amide bonds. The molecule has 7 heteroatoms. The Hall–Kier alpha value is -2.41. The number of carboxylic acid groups (broad SMARTS) is 1. The van der Waals surface area contributed by atoms with Gasteiger partial charge in [0.1, 0.15) is 5.75 Å². The number of carbonyl (C=O) groups is 2. The monoisotopic (exact) mass is 320 g/mol. The van der Waals surface area contributed by atoms with Crippen molar-refractivity contribution in [3.05, 3.63) is 40.8 Å². The predicted molar refractivity (Wildman–Crippen MR) is 83.4 cm³/mol. The molecule has 1 heterocycles. The van der Waals surface area contributed by atoms with Crippen molar-refractivity contribution >= 4 is 28.9 Å². The highest BCUT2D eigenvalue weighted by Crippen LogP contribution is 2.19. The van der Waals surface area contributed by atoms with Gasteiger partial charge in [0.25, 0.3) is 0 Å². The van der Waals surface area contributed by atoms with Gasteiger partial charge in [0.15, 0.2) is 6.61 Å². The van der Waals surface area contributed by atoms with E-state index in [9.17, 15) is 9.59 Å². The highest BCUT2D eigenvalue weighted by atomic mass is 32.1. The minimum absolute atomic E-state index is 0.00722. The van der Waals surface area contributed by atoms with E-state index in [1.807, 2.05) is 5.38 Å². The lowest BCUT2D eigenvalue weighted by Crippen LogP contribution is -2.26. The maximum Gasteiger partial charge on any atom is 0.341 e. The van der Waals surface area contributed by atoms with Crippen LogP contribution in [0.1, 0.15) is 12.1 Å². The van der Waals surface area contributed by atoms with Crippen molar-refractivity contribution in [3.8, 4) is 5.75 Å². The third-order valence-electron chi connectivity index (χ3n) is 3.04. The van der Waals surface area contributed by atoms with Crippen LogP contribution in [0.5, 0.6) is 5.75 Å². The van der Waals surface area contributed by atoms with Crippen molar-refractivity contribution in [2.45, 2.75) is 12.8 Å². The van der Waals surface area contributed by atoms with Crippen molar-refractivity contribution in [2.75, 3.05) is 18.6 Å². The minimum Gasteiger partial charge on any atom is -0.482 e. The molecule has 22 heavy (non-hydrogen) atoms. The van der Waals surface area contributed by atoms with Gasteiger partial charge in [0, 0.05) is 24.5 Å². The molecule has 0 radical (unpaired) electrons. The number of rotatable bonds is 7. The zero-order chi connectivity index (χ0) is 15.9. The Kier molecular flexibility index (Phi) is 5.48. The molecule has 6 nitrogen and oxygen atoms in total. The van der Waals surface area contributed by atoms with Crippen LogP contribution < -0.4 is 9.64 Å². The molecule has 0 saturated heterocycles. The first-order valence-corrected chi connectivity index (χ1v) is 7.59. The summed E-state index contributed by atoms with van der Waals surface area (Å²) in [5, 5.41) is 10.5. The molecule has 0 fully saturated rings. The molecule has 0 aliphatic rings. The predicted octanol–water partition coefficient (Wildman–Crippen LogP) is 2.20. The Bertz CT molecular complexity index is 626. The number of amides is 1. The number of thiazole rings is 1. The number of anilines is 1. The maximum absolute atomic E-state index is 12.1. The zero-order valence-electron chi connectivity index (χ0n) is 12.1. The van der Waals surface area contributed by atoms with E-state index in [2.05, 4.69) is 4.98 Å². The number of carboxylic acids is 1. The Morgan fingerprint density at radius 3 is 2.64 bits per heavy atom. The van der Waals surface area contributed by atoms with Crippen LogP contribution in [0.4, 0.5) is 5.69 Å². The van der Waals surface area contributed by atoms with Crippen molar-refractivity contribution in [1.82, 2.24) is 4.98 Å². The molecule has 1 N–H and O–H groups in total. The van der Waals surface area contributed by atoms with Gasteiger partial charge in [-0.15, -0.1) is 11.3 Å². The molecule has 0 aliphatic carbocycles. The largest absolute Gasteiger partial charge is 0.482 e. The second-order valence-corrected chi connectivity index (χ2v) is 5.33. The third kappa shape index (κ3) is 4.56. The molecule has 2 aromatic rings. The lowest BCUT2D eigenvalue weighted by Gasteiger charge is -2.17. The van der Waals surface area contributed by atoms with E-state index >= 15 is 0 Å². The summed E-state index contributed by atoms with van der Waals surface area (Å²) in [6.45, 7) is -0.387. The van der Waals surface area contributed by atoms with Crippen molar-refractivity contribution in [2.24, 2.45) is 0 Å². The average molecular weight is 320 g/mol. The van der Waals surface area contributed by atoms with Gasteiger partial charge < -0.3 is 14.7 Å². The van der Waals surface area contributed by atoms with E-state index in [0.29, 0.717) is 18.6 Å². The number of nitrogens with zero attached hydrogens (tertiary/aromatic N) is 2. The third-order valence-corrected chi connectivity index (χ3v) is 3.67. The molecule has 2 rings (SSSR count). The Morgan fingerprint density at radius 2 is 2.05 bits per heavy atom. The fourth-order valence-electron chi connectivity index (χ4n) is 1.82. The molecular formula is C15H16N2O4S. The summed E-state index contributed by atoms with van der Waals surface area (Å²) in [5.74, 6) is -0.583. The van der Waals surface area contributed by atoms with E-state index in [1.54, 1.807) is 41.7 Å². The molecule has 0 bridgehead atoms. The first kappa shape index (κ1) is 16.0. The summed E-state index contributed by atoms with van der Waals surface area (Å²) in [5.41, 5.74) is 3.40. The van der Waals surface area contributed by atoms with Gasteiger partial charge in [-0.3, -0.25) is 4.79 Å². The average Bonchev–Trinajstić information content (AvgIpc) is 3.03. The molecule has 0 spiro atoms. The summed E-state index contributed by atoms with van der Waals surface area (Å²) >= 11 is 1.51. The van der Waals surface area contributed by atoms with Crippen LogP contribution in [-0.2, 0) is 16.0 Å². The molecule has 0 unspecified atom stereocenters. The summed E-state index contributed by atoms with van der Waals surface area (Å²) in [7, 11) is 1.70. The molecule has 0 aliphatic heterocycles. The van der Waals surface area contributed by atoms with Crippen molar-refractivity contribution in [3.63, 3.8) is 0 Å². The number of hydrogen-bond acceptors (Lipinski definition) is 5. The second-order valence-electron chi connectivity index (χ2n) is 4.61. The fraction of sp³-hybridized carbons (Fsp3) is 0.267. The number of ether oxygens (including phenoxy) is 1. The number of aromatic nitrogens is 1. The number of aliphatic carboxylic acids is 1. The first-order chi connectivity index (χ1) is 10.6. The number of benzene rings is 1. The standard InChI is InChI=1S/C15H16N2O4S/c1-17(14(18)7-2-11-9-22-10-16-11)12-3-5-13(6-4-12)21-8-15(19)20/h3-6,9-10H,2,7-8H2,1H3,(H,19,20). The lowest BCUT2D eigenvalue weighted by atomic mass is 10.2. The molecule has 116 valence electrons. The quantitative estimate of drug-likeness (QED) is 0.846. The van der Waals surface area contributed by atoms with Gasteiger partial charge in [-0.1, -0.05) is 0 Å². The van der Waals surface area contributed by atoms with Gasteiger partial charge in [-0.25, -0.2) is 9.78 Å². The second kappa shape index (κ2) is 7.56. The topological polar surface area (TPSA) is 79.7 Å². The number of hydrogen-bond donors (Lipinski definition) is 1.